The SMILES string of the molecule is O[C@@H]1CNC[C@H](O)[C@H]1OCc1ccccc1. The molecule has 0 amide bonds. The minimum absolute atomic E-state index is 0.416. The minimum atomic E-state index is -0.646. The standard InChI is InChI=1S/C12H17NO3/c14-10-6-13-7-11(15)12(10)16-8-9-4-2-1-3-5-9/h1-5,10-15H,6-8H2/t10-,11+,12+. The van der Waals surface area contributed by atoms with Crippen molar-refractivity contribution in [2.75, 3.05) is 13.1 Å². The number of benzene rings is 1. The molecule has 4 heteroatoms. The van der Waals surface area contributed by atoms with Crippen molar-refractivity contribution >= 4 is 0 Å². The Balaban J connectivity index is 1.89. The lowest BCUT2D eigenvalue weighted by molar-refractivity contribution is -0.118. The fourth-order valence-corrected chi connectivity index (χ4v) is 1.86. The van der Waals surface area contributed by atoms with Gasteiger partial charge in [0.2, 0.25) is 0 Å². The van der Waals surface area contributed by atoms with Crippen LogP contribution in [0.2, 0.25) is 0 Å². The average molecular weight is 223 g/mol. The lowest BCUT2D eigenvalue weighted by Gasteiger charge is -2.32. The molecule has 1 heterocycles. The van der Waals surface area contributed by atoms with Gasteiger partial charge in [-0.25, -0.2) is 0 Å². The fraction of sp³-hybridized carbons (Fsp3) is 0.500. The van der Waals surface area contributed by atoms with Gasteiger partial charge in [0.05, 0.1) is 18.8 Å². The summed E-state index contributed by atoms with van der Waals surface area (Å²) < 4.78 is 5.55. The molecule has 0 saturated carbocycles. The van der Waals surface area contributed by atoms with Gasteiger partial charge in [-0.15, -0.1) is 0 Å². The largest absolute Gasteiger partial charge is 0.389 e. The van der Waals surface area contributed by atoms with Crippen LogP contribution in [-0.2, 0) is 11.3 Å². The molecule has 0 spiro atoms. The summed E-state index contributed by atoms with van der Waals surface area (Å²) in [6.45, 7) is 1.35. The second-order valence-corrected chi connectivity index (χ2v) is 4.05. The van der Waals surface area contributed by atoms with E-state index in [-0.39, 0.29) is 0 Å². The third-order valence-corrected chi connectivity index (χ3v) is 2.75. The van der Waals surface area contributed by atoms with E-state index in [9.17, 15) is 10.2 Å². The molecule has 1 aromatic rings. The van der Waals surface area contributed by atoms with Crippen LogP contribution in [-0.4, -0.2) is 41.6 Å². The highest BCUT2D eigenvalue weighted by Gasteiger charge is 2.31. The molecule has 3 atom stereocenters. The van der Waals surface area contributed by atoms with E-state index in [1.165, 1.54) is 0 Å². The molecular formula is C12H17NO3. The number of ether oxygens (including phenoxy) is 1. The van der Waals surface area contributed by atoms with Crippen LogP contribution < -0.4 is 5.32 Å². The van der Waals surface area contributed by atoms with E-state index in [0.29, 0.717) is 19.7 Å². The van der Waals surface area contributed by atoms with Crippen molar-refractivity contribution in [3.05, 3.63) is 35.9 Å². The van der Waals surface area contributed by atoms with Crippen LogP contribution in [0.25, 0.3) is 0 Å². The summed E-state index contributed by atoms with van der Waals surface area (Å²) in [7, 11) is 0. The number of piperidine rings is 1. The molecule has 16 heavy (non-hydrogen) atoms. The Morgan fingerprint density at radius 2 is 1.75 bits per heavy atom. The normalized spacial score (nSPS) is 30.2. The summed E-state index contributed by atoms with van der Waals surface area (Å²) in [5.41, 5.74) is 1.04. The van der Waals surface area contributed by atoms with Gasteiger partial charge < -0.3 is 20.3 Å². The summed E-state index contributed by atoms with van der Waals surface area (Å²) in [6.07, 6.45) is -1.79. The summed E-state index contributed by atoms with van der Waals surface area (Å²) in [4.78, 5) is 0. The molecule has 1 aliphatic heterocycles. The molecule has 0 aliphatic carbocycles. The van der Waals surface area contributed by atoms with Crippen molar-refractivity contribution in [2.45, 2.75) is 24.9 Å². The van der Waals surface area contributed by atoms with Crippen LogP contribution in [0.3, 0.4) is 0 Å². The van der Waals surface area contributed by atoms with E-state index < -0.39 is 18.3 Å². The van der Waals surface area contributed by atoms with Gasteiger partial charge in [-0.1, -0.05) is 30.3 Å². The molecule has 1 saturated heterocycles. The van der Waals surface area contributed by atoms with Gasteiger partial charge in [-0.3, -0.25) is 0 Å². The summed E-state index contributed by atoms with van der Waals surface area (Å²) in [6, 6.07) is 9.74. The predicted molar refractivity (Wildman–Crippen MR) is 59.9 cm³/mol. The summed E-state index contributed by atoms with van der Waals surface area (Å²) in [5, 5.41) is 22.3. The van der Waals surface area contributed by atoms with Crippen LogP contribution in [0.15, 0.2) is 30.3 Å². The van der Waals surface area contributed by atoms with Gasteiger partial charge in [0.15, 0.2) is 0 Å². The van der Waals surface area contributed by atoms with E-state index in [2.05, 4.69) is 5.32 Å². The highest BCUT2D eigenvalue weighted by molar-refractivity contribution is 5.13. The molecule has 0 aromatic heterocycles. The zero-order valence-electron chi connectivity index (χ0n) is 9.04. The maximum atomic E-state index is 9.67. The zero-order valence-corrected chi connectivity index (χ0v) is 9.04. The first-order chi connectivity index (χ1) is 7.77. The maximum absolute atomic E-state index is 9.67. The van der Waals surface area contributed by atoms with Crippen molar-refractivity contribution < 1.29 is 14.9 Å². The lowest BCUT2D eigenvalue weighted by Crippen LogP contribution is -2.54. The maximum Gasteiger partial charge on any atom is 0.112 e. The predicted octanol–water partition coefficient (Wildman–Crippen LogP) is -0.103. The van der Waals surface area contributed by atoms with Crippen LogP contribution in [0, 0.1) is 0 Å². The number of nitrogens with one attached hydrogen (secondary N) is 1. The Labute approximate surface area is 94.9 Å². The third-order valence-electron chi connectivity index (χ3n) is 2.75. The Kier molecular flexibility index (Phi) is 3.90. The number of aliphatic hydroxyl groups is 2. The average Bonchev–Trinajstić information content (AvgIpc) is 2.30. The molecule has 1 fully saturated rings. The van der Waals surface area contributed by atoms with E-state index in [1.807, 2.05) is 30.3 Å². The van der Waals surface area contributed by atoms with Crippen LogP contribution in [0.1, 0.15) is 5.56 Å². The Morgan fingerprint density at radius 1 is 1.12 bits per heavy atom. The second-order valence-electron chi connectivity index (χ2n) is 4.05. The van der Waals surface area contributed by atoms with Crippen molar-refractivity contribution in [1.29, 1.82) is 0 Å². The molecule has 3 N–H and O–H groups in total. The Morgan fingerprint density at radius 3 is 2.38 bits per heavy atom. The Hall–Kier alpha value is -0.940. The summed E-state index contributed by atoms with van der Waals surface area (Å²) >= 11 is 0. The van der Waals surface area contributed by atoms with Gasteiger partial charge in [-0.05, 0) is 5.56 Å². The van der Waals surface area contributed by atoms with E-state index in [0.717, 1.165) is 5.56 Å². The van der Waals surface area contributed by atoms with E-state index in [1.54, 1.807) is 0 Å². The molecule has 0 bridgehead atoms. The van der Waals surface area contributed by atoms with Gasteiger partial charge in [0.25, 0.3) is 0 Å². The van der Waals surface area contributed by atoms with E-state index >= 15 is 0 Å². The van der Waals surface area contributed by atoms with Crippen molar-refractivity contribution in [3.63, 3.8) is 0 Å². The topological polar surface area (TPSA) is 61.7 Å². The third kappa shape index (κ3) is 2.80. The monoisotopic (exact) mass is 223 g/mol. The molecule has 0 unspecified atom stereocenters. The molecule has 0 radical (unpaired) electrons. The highest BCUT2D eigenvalue weighted by atomic mass is 16.5. The van der Waals surface area contributed by atoms with Gasteiger partial charge in [0, 0.05) is 13.1 Å². The van der Waals surface area contributed by atoms with Crippen molar-refractivity contribution in [2.24, 2.45) is 0 Å². The Bertz CT molecular complexity index is 307. The summed E-state index contributed by atoms with van der Waals surface area (Å²) in [5.74, 6) is 0. The van der Waals surface area contributed by atoms with Crippen molar-refractivity contribution in [1.82, 2.24) is 5.32 Å². The minimum Gasteiger partial charge on any atom is -0.389 e. The quantitative estimate of drug-likeness (QED) is 0.669. The van der Waals surface area contributed by atoms with Crippen LogP contribution >= 0.6 is 0 Å². The smallest absolute Gasteiger partial charge is 0.112 e. The molecule has 4 nitrogen and oxygen atoms in total. The number of aliphatic hydroxyl groups excluding tert-OH is 2. The first kappa shape index (κ1) is 11.5. The van der Waals surface area contributed by atoms with Gasteiger partial charge in [0.1, 0.15) is 6.10 Å². The van der Waals surface area contributed by atoms with Crippen LogP contribution in [0.4, 0.5) is 0 Å². The molecular weight excluding hydrogens is 206 g/mol. The highest BCUT2D eigenvalue weighted by Crippen LogP contribution is 2.12. The lowest BCUT2D eigenvalue weighted by atomic mass is 10.0. The molecule has 1 aliphatic rings. The number of β-amino-alcohol motifs (C(OH)–C–C–N with tert-alkyl or cyclic N) is 2. The zero-order chi connectivity index (χ0) is 11.4. The van der Waals surface area contributed by atoms with E-state index in [4.69, 9.17) is 4.74 Å². The van der Waals surface area contributed by atoms with Crippen molar-refractivity contribution in [3.8, 4) is 0 Å². The molecule has 1 aromatic carbocycles. The molecule has 88 valence electrons. The van der Waals surface area contributed by atoms with Gasteiger partial charge in [-0.2, -0.15) is 0 Å². The van der Waals surface area contributed by atoms with Gasteiger partial charge >= 0.3 is 0 Å². The fourth-order valence-electron chi connectivity index (χ4n) is 1.86. The number of hydrogen-bond acceptors (Lipinski definition) is 4. The number of rotatable bonds is 3. The first-order valence-electron chi connectivity index (χ1n) is 5.50. The first-order valence-corrected chi connectivity index (χ1v) is 5.50. The second kappa shape index (κ2) is 5.41. The number of hydrogen-bond donors (Lipinski definition) is 3. The van der Waals surface area contributed by atoms with Crippen LogP contribution in [0.5, 0.6) is 0 Å². The molecule has 2 rings (SSSR count).